The van der Waals surface area contributed by atoms with Gasteiger partial charge in [-0.2, -0.15) is 0 Å². The van der Waals surface area contributed by atoms with E-state index in [0.29, 0.717) is 17.9 Å². The highest BCUT2D eigenvalue weighted by Gasteiger charge is 2.17. The Balaban J connectivity index is 1.97. The number of carbonyl (C=O) groups is 1. The Morgan fingerprint density at radius 1 is 0.929 bits per heavy atom. The van der Waals surface area contributed by atoms with E-state index in [1.54, 1.807) is 0 Å². The monoisotopic (exact) mass is 380 g/mol. The minimum Gasteiger partial charge on any atom is -0.359 e. The predicted molar refractivity (Wildman–Crippen MR) is 118 cm³/mol. The minimum absolute atomic E-state index is 0.468. The van der Waals surface area contributed by atoms with E-state index < -0.39 is 0 Å². The van der Waals surface area contributed by atoms with Crippen molar-refractivity contribution in [2.75, 3.05) is 6.54 Å². The third-order valence-electron chi connectivity index (χ3n) is 5.55. The van der Waals surface area contributed by atoms with Gasteiger partial charge in [0.1, 0.15) is 0 Å². The quantitative estimate of drug-likeness (QED) is 0.396. The summed E-state index contributed by atoms with van der Waals surface area (Å²) in [6.45, 7) is 10.5. The van der Waals surface area contributed by atoms with Crippen LogP contribution in [0, 0.1) is 19.8 Å². The van der Waals surface area contributed by atoms with Gasteiger partial charge in [0.05, 0.1) is 0 Å². The molecule has 2 unspecified atom stereocenters. The average Bonchev–Trinajstić information content (AvgIpc) is 2.67. The van der Waals surface area contributed by atoms with E-state index in [4.69, 9.17) is 0 Å². The van der Waals surface area contributed by atoms with Gasteiger partial charge in [0.25, 0.3) is 0 Å². The molecule has 0 aliphatic heterocycles. The highest BCUT2D eigenvalue weighted by atomic mass is 16.1. The molecule has 0 saturated heterocycles. The van der Waals surface area contributed by atoms with Gasteiger partial charge < -0.3 is 10.6 Å². The first kappa shape index (κ1) is 22.2. The molecule has 2 N–H and O–H groups in total. The number of carbonyl (C=O) groups excluding carboxylic acids is 1. The zero-order chi connectivity index (χ0) is 20.4. The third kappa shape index (κ3) is 7.47. The van der Waals surface area contributed by atoms with Crippen LogP contribution in [0.2, 0.25) is 0 Å². The van der Waals surface area contributed by atoms with E-state index in [1.165, 1.54) is 22.3 Å². The first-order valence-electron chi connectivity index (χ1n) is 10.5. The van der Waals surface area contributed by atoms with Gasteiger partial charge in [0.15, 0.2) is 0 Å². The first-order chi connectivity index (χ1) is 13.5. The molecule has 0 aliphatic carbocycles. The van der Waals surface area contributed by atoms with Gasteiger partial charge in [-0.05, 0) is 56.1 Å². The number of nitrogens with one attached hydrogen (secondary N) is 2. The van der Waals surface area contributed by atoms with Gasteiger partial charge in [0.2, 0.25) is 6.41 Å². The second-order valence-corrected chi connectivity index (χ2v) is 8.27. The smallest absolute Gasteiger partial charge is 0.207 e. The van der Waals surface area contributed by atoms with E-state index in [1.807, 2.05) is 0 Å². The van der Waals surface area contributed by atoms with Gasteiger partial charge in [-0.15, -0.1) is 0 Å². The van der Waals surface area contributed by atoms with Crippen LogP contribution in [0.3, 0.4) is 0 Å². The maximum atomic E-state index is 10.6. The Hall–Kier alpha value is -2.13. The summed E-state index contributed by atoms with van der Waals surface area (Å²) in [6, 6.07) is 18.1. The van der Waals surface area contributed by atoms with Crippen LogP contribution in [-0.2, 0) is 11.3 Å². The lowest BCUT2D eigenvalue weighted by molar-refractivity contribution is -0.109. The third-order valence-corrected chi connectivity index (χ3v) is 5.55. The van der Waals surface area contributed by atoms with Crippen molar-refractivity contribution in [3.63, 3.8) is 0 Å². The first-order valence-corrected chi connectivity index (χ1v) is 10.5. The van der Waals surface area contributed by atoms with Crippen LogP contribution in [0.1, 0.15) is 61.3 Å². The molecule has 3 heteroatoms. The van der Waals surface area contributed by atoms with E-state index >= 15 is 0 Å². The fraction of sp³-hybridized carbons (Fsp3) is 0.480. The van der Waals surface area contributed by atoms with Crippen molar-refractivity contribution in [1.29, 1.82) is 0 Å². The minimum atomic E-state index is 0.468. The summed E-state index contributed by atoms with van der Waals surface area (Å²) in [5.74, 6) is 1.05. The number of hydrogen-bond donors (Lipinski definition) is 2. The second kappa shape index (κ2) is 11.7. The van der Waals surface area contributed by atoms with Crippen molar-refractivity contribution in [2.24, 2.45) is 5.92 Å². The highest BCUT2D eigenvalue weighted by Crippen LogP contribution is 2.27. The van der Waals surface area contributed by atoms with Crippen molar-refractivity contribution in [2.45, 2.75) is 65.5 Å². The molecule has 0 aromatic heterocycles. The average molecular weight is 381 g/mol. The van der Waals surface area contributed by atoms with Crippen LogP contribution in [0.5, 0.6) is 0 Å². The molecular formula is C25H36N2O. The normalized spacial score (nSPS) is 13.3. The Morgan fingerprint density at radius 3 is 2.32 bits per heavy atom. The van der Waals surface area contributed by atoms with Gasteiger partial charge in [-0.1, -0.05) is 73.5 Å². The van der Waals surface area contributed by atoms with Gasteiger partial charge in [-0.3, -0.25) is 4.79 Å². The molecule has 3 nitrogen and oxygen atoms in total. The molecule has 0 radical (unpaired) electrons. The van der Waals surface area contributed by atoms with Crippen LogP contribution < -0.4 is 10.6 Å². The summed E-state index contributed by atoms with van der Waals surface area (Å²) in [5, 5.41) is 6.60. The molecule has 0 aliphatic rings. The fourth-order valence-corrected chi connectivity index (χ4v) is 3.76. The molecule has 1 amide bonds. The van der Waals surface area contributed by atoms with E-state index in [0.717, 1.165) is 38.8 Å². The maximum Gasteiger partial charge on any atom is 0.207 e. The molecule has 0 spiro atoms. The molecule has 0 fully saturated rings. The van der Waals surface area contributed by atoms with Gasteiger partial charge in [-0.25, -0.2) is 0 Å². The lowest BCUT2D eigenvalue weighted by atomic mass is 9.87. The number of hydrogen-bond acceptors (Lipinski definition) is 2. The zero-order valence-corrected chi connectivity index (χ0v) is 17.9. The Kier molecular flexibility index (Phi) is 9.22. The van der Waals surface area contributed by atoms with Gasteiger partial charge in [0, 0.05) is 19.1 Å². The van der Waals surface area contributed by atoms with Gasteiger partial charge >= 0.3 is 0 Å². The number of rotatable bonds is 12. The summed E-state index contributed by atoms with van der Waals surface area (Å²) in [4.78, 5) is 10.6. The van der Waals surface area contributed by atoms with E-state index in [9.17, 15) is 4.79 Å². The standard InChI is InChI=1S/C25H36N2O/c1-19(2)25(27-17-22-7-5-6-21(4)16-22)13-12-24(14-15-26-18-28)23-10-8-20(3)9-11-23/h5-11,16,18-19,24-25,27H,12-15,17H2,1-4H3,(H,26,28). The summed E-state index contributed by atoms with van der Waals surface area (Å²) < 4.78 is 0. The fourth-order valence-electron chi connectivity index (χ4n) is 3.76. The number of aryl methyl sites for hydroxylation is 2. The predicted octanol–water partition coefficient (Wildman–Crippen LogP) is 5.12. The molecule has 28 heavy (non-hydrogen) atoms. The van der Waals surface area contributed by atoms with Crippen molar-refractivity contribution in [3.05, 3.63) is 70.8 Å². The zero-order valence-electron chi connectivity index (χ0n) is 17.9. The van der Waals surface area contributed by atoms with E-state index in [-0.39, 0.29) is 0 Å². The van der Waals surface area contributed by atoms with Crippen molar-refractivity contribution < 1.29 is 4.79 Å². The van der Waals surface area contributed by atoms with Crippen LogP contribution in [-0.4, -0.2) is 19.0 Å². The Labute approximate surface area is 170 Å². The maximum absolute atomic E-state index is 10.6. The number of benzene rings is 2. The summed E-state index contributed by atoms with van der Waals surface area (Å²) in [5.41, 5.74) is 5.31. The molecule has 2 aromatic rings. The van der Waals surface area contributed by atoms with Crippen LogP contribution in [0.25, 0.3) is 0 Å². The Bertz CT molecular complexity index is 709. The molecule has 2 aromatic carbocycles. The van der Waals surface area contributed by atoms with Crippen LogP contribution in [0.15, 0.2) is 48.5 Å². The Morgan fingerprint density at radius 2 is 1.68 bits per heavy atom. The van der Waals surface area contributed by atoms with Crippen LogP contribution in [0.4, 0.5) is 0 Å². The van der Waals surface area contributed by atoms with Crippen molar-refractivity contribution in [1.82, 2.24) is 10.6 Å². The highest BCUT2D eigenvalue weighted by molar-refractivity contribution is 5.45. The lowest BCUT2D eigenvalue weighted by Crippen LogP contribution is -2.34. The lowest BCUT2D eigenvalue weighted by Gasteiger charge is -2.26. The summed E-state index contributed by atoms with van der Waals surface area (Å²) in [6.07, 6.45) is 4.02. The summed E-state index contributed by atoms with van der Waals surface area (Å²) in [7, 11) is 0. The second-order valence-electron chi connectivity index (χ2n) is 8.27. The molecule has 0 saturated carbocycles. The summed E-state index contributed by atoms with van der Waals surface area (Å²) >= 11 is 0. The van der Waals surface area contributed by atoms with Crippen molar-refractivity contribution in [3.8, 4) is 0 Å². The SMILES string of the molecule is Cc1ccc(C(CCNC=O)CCC(NCc2cccc(C)c2)C(C)C)cc1. The number of amides is 1. The largest absolute Gasteiger partial charge is 0.359 e. The molecule has 0 heterocycles. The van der Waals surface area contributed by atoms with Crippen LogP contribution >= 0.6 is 0 Å². The van der Waals surface area contributed by atoms with Crippen molar-refractivity contribution >= 4 is 6.41 Å². The van der Waals surface area contributed by atoms with E-state index in [2.05, 4.69) is 86.9 Å². The molecule has 2 atom stereocenters. The molecule has 2 rings (SSSR count). The topological polar surface area (TPSA) is 41.1 Å². The molecular weight excluding hydrogens is 344 g/mol. The molecule has 0 bridgehead atoms. The molecule has 152 valence electrons.